The third-order valence-corrected chi connectivity index (χ3v) is 4.30. The van der Waals surface area contributed by atoms with Crippen molar-refractivity contribution in [3.8, 4) is 11.8 Å². The quantitative estimate of drug-likeness (QED) is 0.483. The van der Waals surface area contributed by atoms with Gasteiger partial charge in [-0.15, -0.1) is 0 Å². The lowest BCUT2D eigenvalue weighted by Gasteiger charge is -2.12. The zero-order valence-electron chi connectivity index (χ0n) is 14.6. The number of hydrogen-bond donors (Lipinski definition) is 1. The van der Waals surface area contributed by atoms with Crippen LogP contribution in [0.15, 0.2) is 46.4 Å². The topological polar surface area (TPSA) is 62.1 Å². The van der Waals surface area contributed by atoms with Gasteiger partial charge in [-0.1, -0.05) is 23.7 Å². The van der Waals surface area contributed by atoms with Crippen molar-refractivity contribution >= 4 is 45.2 Å². The maximum Gasteiger partial charge on any atom is 0.266 e. The summed E-state index contributed by atoms with van der Waals surface area (Å²) in [6, 6.07) is 12.5. The van der Waals surface area contributed by atoms with E-state index in [9.17, 15) is 10.1 Å². The molecule has 0 aliphatic heterocycles. The molecule has 0 fully saturated rings. The summed E-state index contributed by atoms with van der Waals surface area (Å²) in [6.07, 6.45) is 1.58. The lowest BCUT2D eigenvalue weighted by atomic mass is 10.1. The molecular weight excluding hydrogens is 416 g/mol. The second kappa shape index (κ2) is 8.88. The number of hydrogen-bond acceptors (Lipinski definition) is 3. The summed E-state index contributed by atoms with van der Waals surface area (Å²) in [5.41, 5.74) is 2.14. The summed E-state index contributed by atoms with van der Waals surface area (Å²) in [6.45, 7) is 5.73. The zero-order valence-corrected chi connectivity index (χ0v) is 17.0. The minimum Gasteiger partial charge on any atom is -0.490 e. The number of benzene rings is 2. The van der Waals surface area contributed by atoms with Gasteiger partial charge in [-0.2, -0.15) is 5.26 Å². The van der Waals surface area contributed by atoms with Crippen molar-refractivity contribution in [3.63, 3.8) is 0 Å². The fourth-order valence-corrected chi connectivity index (χ4v) is 2.85. The van der Waals surface area contributed by atoms with Crippen LogP contribution in [0.1, 0.15) is 25.0 Å². The summed E-state index contributed by atoms with van der Waals surface area (Å²) in [7, 11) is 0. The molecular formula is C20H18BrClN2O2. The molecule has 0 saturated heterocycles. The highest BCUT2D eigenvalue weighted by atomic mass is 79.9. The molecule has 0 unspecified atom stereocenters. The third kappa shape index (κ3) is 5.35. The standard InChI is InChI=1S/C20H18BrClN2O2/c1-12(2)26-19-7-5-14(9-17(19)21)8-15(11-23)20(25)24-18-10-16(22)6-4-13(18)3/h4-10,12H,1-3H3,(H,24,25)/b15-8+. The predicted molar refractivity (Wildman–Crippen MR) is 108 cm³/mol. The number of nitrogens with zero attached hydrogens (tertiary/aromatic N) is 1. The molecule has 2 aromatic carbocycles. The average molecular weight is 434 g/mol. The number of ether oxygens (including phenoxy) is 1. The Labute approximate surface area is 166 Å². The number of anilines is 1. The average Bonchev–Trinajstić information content (AvgIpc) is 2.57. The van der Waals surface area contributed by atoms with Crippen molar-refractivity contribution in [2.24, 2.45) is 0 Å². The van der Waals surface area contributed by atoms with Gasteiger partial charge in [-0.05, 0) is 78.2 Å². The molecule has 0 radical (unpaired) electrons. The van der Waals surface area contributed by atoms with E-state index in [0.717, 1.165) is 10.0 Å². The zero-order chi connectivity index (χ0) is 19.3. The van der Waals surface area contributed by atoms with E-state index >= 15 is 0 Å². The maximum absolute atomic E-state index is 12.4. The molecule has 0 spiro atoms. The van der Waals surface area contributed by atoms with Gasteiger partial charge >= 0.3 is 0 Å². The van der Waals surface area contributed by atoms with Crippen molar-refractivity contribution < 1.29 is 9.53 Å². The van der Waals surface area contributed by atoms with Gasteiger partial charge in [-0.3, -0.25) is 4.79 Å². The van der Waals surface area contributed by atoms with Crippen LogP contribution in [0, 0.1) is 18.3 Å². The fraction of sp³-hybridized carbons (Fsp3) is 0.200. The number of halogens is 2. The second-order valence-corrected chi connectivity index (χ2v) is 7.23. The number of carbonyl (C=O) groups is 1. The van der Waals surface area contributed by atoms with Crippen molar-refractivity contribution in [1.29, 1.82) is 5.26 Å². The van der Waals surface area contributed by atoms with Gasteiger partial charge in [0.05, 0.1) is 10.6 Å². The molecule has 134 valence electrons. The minimum atomic E-state index is -0.489. The molecule has 26 heavy (non-hydrogen) atoms. The van der Waals surface area contributed by atoms with Crippen molar-refractivity contribution in [3.05, 3.63) is 62.6 Å². The Hall–Kier alpha value is -2.29. The number of nitriles is 1. The summed E-state index contributed by atoms with van der Waals surface area (Å²) in [5, 5.41) is 12.6. The molecule has 0 atom stereocenters. The Morgan fingerprint density at radius 1 is 1.31 bits per heavy atom. The molecule has 4 nitrogen and oxygen atoms in total. The largest absolute Gasteiger partial charge is 0.490 e. The number of amides is 1. The molecule has 0 heterocycles. The van der Waals surface area contributed by atoms with Crippen LogP contribution in [0.2, 0.25) is 5.02 Å². The van der Waals surface area contributed by atoms with Gasteiger partial charge in [0.15, 0.2) is 0 Å². The fourth-order valence-electron chi connectivity index (χ4n) is 2.19. The normalized spacial score (nSPS) is 11.2. The van der Waals surface area contributed by atoms with Gasteiger partial charge in [0.25, 0.3) is 5.91 Å². The van der Waals surface area contributed by atoms with Crippen LogP contribution in [-0.4, -0.2) is 12.0 Å². The summed E-state index contributed by atoms with van der Waals surface area (Å²) in [5.74, 6) is 0.214. The summed E-state index contributed by atoms with van der Waals surface area (Å²) >= 11 is 9.41. The smallest absolute Gasteiger partial charge is 0.266 e. The summed E-state index contributed by atoms with van der Waals surface area (Å²) < 4.78 is 6.41. The lowest BCUT2D eigenvalue weighted by molar-refractivity contribution is -0.112. The number of carbonyl (C=O) groups excluding carboxylic acids is 1. The number of nitrogens with one attached hydrogen (secondary N) is 1. The van der Waals surface area contributed by atoms with Crippen molar-refractivity contribution in [2.75, 3.05) is 5.32 Å². The molecule has 1 N–H and O–H groups in total. The molecule has 0 aromatic heterocycles. The Morgan fingerprint density at radius 3 is 2.65 bits per heavy atom. The SMILES string of the molecule is Cc1ccc(Cl)cc1NC(=O)/C(C#N)=C/c1ccc(OC(C)C)c(Br)c1. The van der Waals surface area contributed by atoms with Crippen molar-refractivity contribution in [2.45, 2.75) is 26.9 Å². The predicted octanol–water partition coefficient (Wildman–Crippen LogP) is 5.74. The highest BCUT2D eigenvalue weighted by molar-refractivity contribution is 9.10. The van der Waals surface area contributed by atoms with Gasteiger partial charge in [-0.25, -0.2) is 0 Å². The first kappa shape index (κ1) is 20.0. The highest BCUT2D eigenvalue weighted by Crippen LogP contribution is 2.28. The van der Waals surface area contributed by atoms with E-state index in [1.807, 2.05) is 26.8 Å². The number of rotatable bonds is 5. The first-order chi connectivity index (χ1) is 12.3. The van der Waals surface area contributed by atoms with Crippen LogP contribution < -0.4 is 10.1 Å². The van der Waals surface area contributed by atoms with Gasteiger partial charge in [0.1, 0.15) is 17.4 Å². The number of aryl methyl sites for hydroxylation is 1. The molecule has 0 bridgehead atoms. The monoisotopic (exact) mass is 432 g/mol. The van der Waals surface area contributed by atoms with Crippen LogP contribution in [0.4, 0.5) is 5.69 Å². The molecule has 6 heteroatoms. The van der Waals surface area contributed by atoms with Crippen LogP contribution in [-0.2, 0) is 4.79 Å². The van der Waals surface area contributed by atoms with Crippen LogP contribution in [0.25, 0.3) is 6.08 Å². The van der Waals surface area contributed by atoms with E-state index < -0.39 is 5.91 Å². The van der Waals surface area contributed by atoms with Gasteiger partial charge < -0.3 is 10.1 Å². The van der Waals surface area contributed by atoms with Crippen LogP contribution in [0.5, 0.6) is 5.75 Å². The van der Waals surface area contributed by atoms with Crippen LogP contribution in [0.3, 0.4) is 0 Å². The maximum atomic E-state index is 12.4. The Bertz CT molecular complexity index is 901. The molecule has 0 saturated carbocycles. The van der Waals surface area contributed by atoms with E-state index in [1.54, 1.807) is 36.4 Å². The molecule has 1 amide bonds. The first-order valence-electron chi connectivity index (χ1n) is 7.95. The lowest BCUT2D eigenvalue weighted by Crippen LogP contribution is -2.14. The van der Waals surface area contributed by atoms with E-state index in [-0.39, 0.29) is 11.7 Å². The van der Waals surface area contributed by atoms with E-state index in [4.69, 9.17) is 16.3 Å². The second-order valence-electron chi connectivity index (χ2n) is 5.94. The highest BCUT2D eigenvalue weighted by Gasteiger charge is 2.12. The van der Waals surface area contributed by atoms with E-state index in [0.29, 0.717) is 22.0 Å². The molecule has 0 aliphatic rings. The van der Waals surface area contributed by atoms with Crippen molar-refractivity contribution in [1.82, 2.24) is 0 Å². The molecule has 2 aromatic rings. The van der Waals surface area contributed by atoms with Crippen LogP contribution >= 0.6 is 27.5 Å². The Morgan fingerprint density at radius 2 is 2.04 bits per heavy atom. The Balaban J connectivity index is 2.24. The van der Waals surface area contributed by atoms with E-state index in [1.165, 1.54) is 6.08 Å². The van der Waals surface area contributed by atoms with E-state index in [2.05, 4.69) is 21.2 Å². The first-order valence-corrected chi connectivity index (χ1v) is 9.12. The minimum absolute atomic E-state index is 0.00574. The summed E-state index contributed by atoms with van der Waals surface area (Å²) in [4.78, 5) is 12.4. The van der Waals surface area contributed by atoms with Gasteiger partial charge in [0, 0.05) is 10.7 Å². The molecule has 0 aliphatic carbocycles. The Kier molecular flexibility index (Phi) is 6.84. The van der Waals surface area contributed by atoms with Gasteiger partial charge in [0.2, 0.25) is 0 Å². The molecule has 2 rings (SSSR count). The third-order valence-electron chi connectivity index (χ3n) is 3.44.